The molecule has 0 saturated carbocycles. The monoisotopic (exact) mass is 462 g/mol. The zero-order valence-corrected chi connectivity index (χ0v) is 18.6. The lowest BCUT2D eigenvalue weighted by Crippen LogP contribution is -2.41. The maximum Gasteiger partial charge on any atom is 0.324 e. The topological polar surface area (TPSA) is 110 Å². The molecule has 0 aliphatic carbocycles. The number of carbonyl (C=O) groups is 1. The minimum absolute atomic E-state index is 0.0163. The van der Waals surface area contributed by atoms with Crippen molar-refractivity contribution in [1.29, 1.82) is 0 Å². The number of esters is 1. The van der Waals surface area contributed by atoms with Crippen molar-refractivity contribution in [2.75, 3.05) is 6.54 Å². The van der Waals surface area contributed by atoms with E-state index in [-0.39, 0.29) is 24.5 Å². The largest absolute Gasteiger partial charge is 0.462 e. The molecule has 3 aromatic rings. The number of thiazole rings is 1. The van der Waals surface area contributed by atoms with Crippen LogP contribution in [0.1, 0.15) is 23.2 Å². The van der Waals surface area contributed by atoms with Crippen LogP contribution in [0.4, 0.5) is 0 Å². The first kappa shape index (κ1) is 21.7. The summed E-state index contributed by atoms with van der Waals surface area (Å²) in [5.41, 5.74) is 2.33. The normalized spacial score (nSPS) is 19.6. The van der Waals surface area contributed by atoms with Crippen LogP contribution in [0, 0.1) is 13.8 Å². The number of sulfonamides is 1. The third-order valence-corrected chi connectivity index (χ3v) is 8.01. The van der Waals surface area contributed by atoms with Crippen molar-refractivity contribution in [3.63, 3.8) is 0 Å². The van der Waals surface area contributed by atoms with Gasteiger partial charge in [0.25, 0.3) is 0 Å². The van der Waals surface area contributed by atoms with Crippen LogP contribution >= 0.6 is 11.3 Å². The molecule has 0 bridgehead atoms. The Morgan fingerprint density at radius 2 is 2.13 bits per heavy atom. The van der Waals surface area contributed by atoms with E-state index in [0.717, 1.165) is 15.4 Å². The number of nitrogens with zero attached hydrogens (tertiary/aromatic N) is 2. The summed E-state index contributed by atoms with van der Waals surface area (Å²) in [7, 11) is -3.97. The molecule has 1 saturated heterocycles. The van der Waals surface area contributed by atoms with Gasteiger partial charge >= 0.3 is 5.97 Å². The van der Waals surface area contributed by atoms with E-state index in [1.54, 1.807) is 35.9 Å². The Morgan fingerprint density at radius 1 is 1.32 bits per heavy atom. The lowest BCUT2D eigenvalue weighted by atomic mass is 10.1. The average molecular weight is 463 g/mol. The van der Waals surface area contributed by atoms with E-state index in [9.17, 15) is 18.3 Å². The van der Waals surface area contributed by atoms with Crippen LogP contribution in [0.5, 0.6) is 0 Å². The molecule has 0 radical (unpaired) electrons. The van der Waals surface area contributed by atoms with Gasteiger partial charge in [0.1, 0.15) is 12.6 Å². The summed E-state index contributed by atoms with van der Waals surface area (Å²) in [5, 5.41) is 12.5. The number of hydrogen-bond acceptors (Lipinski definition) is 8. The van der Waals surface area contributed by atoms with Crippen LogP contribution < -0.4 is 0 Å². The molecule has 3 heterocycles. The van der Waals surface area contributed by atoms with E-state index in [0.29, 0.717) is 16.5 Å². The van der Waals surface area contributed by atoms with Crippen LogP contribution in [0.3, 0.4) is 0 Å². The van der Waals surface area contributed by atoms with E-state index < -0.39 is 28.1 Å². The van der Waals surface area contributed by atoms with Gasteiger partial charge in [0.15, 0.2) is 10.8 Å². The van der Waals surface area contributed by atoms with Crippen LogP contribution in [0.2, 0.25) is 0 Å². The van der Waals surface area contributed by atoms with Gasteiger partial charge in [-0.2, -0.15) is 4.31 Å². The summed E-state index contributed by atoms with van der Waals surface area (Å²) in [6.45, 7) is 3.46. The summed E-state index contributed by atoms with van der Waals surface area (Å²) < 4.78 is 38.0. The van der Waals surface area contributed by atoms with Crippen molar-refractivity contribution in [2.24, 2.45) is 0 Å². The van der Waals surface area contributed by atoms with Crippen molar-refractivity contribution in [2.45, 2.75) is 43.9 Å². The minimum atomic E-state index is -3.97. The molecule has 31 heavy (non-hydrogen) atoms. The summed E-state index contributed by atoms with van der Waals surface area (Å²) in [6, 6.07) is 7.25. The molecule has 2 atom stereocenters. The molecule has 164 valence electrons. The fourth-order valence-electron chi connectivity index (χ4n) is 3.40. The molecule has 1 N–H and O–H groups in total. The molecular weight excluding hydrogens is 440 g/mol. The second-order valence-electron chi connectivity index (χ2n) is 7.46. The Balaban J connectivity index is 1.48. The molecule has 1 unspecified atom stereocenters. The van der Waals surface area contributed by atoms with Crippen molar-refractivity contribution < 1.29 is 27.5 Å². The van der Waals surface area contributed by atoms with Gasteiger partial charge in [0.2, 0.25) is 10.0 Å². The third-order valence-electron chi connectivity index (χ3n) is 5.24. The van der Waals surface area contributed by atoms with Crippen molar-refractivity contribution in [3.05, 3.63) is 58.8 Å². The molecule has 1 fully saturated rings. The molecule has 0 amide bonds. The SMILES string of the molecule is Cc1ccc(S(=O)(=O)N2CC(O)C[C@H]2C(=O)OCc2csc(-c3ccco3)n2)cc1C. The Morgan fingerprint density at radius 3 is 2.84 bits per heavy atom. The standard InChI is InChI=1S/C21H22N2O6S2/c1-13-5-6-17(8-14(13)2)31(26,27)23-10-16(24)9-18(23)21(25)29-11-15-12-30-20(22-15)19-4-3-7-28-19/h3-8,12,16,18,24H,9-11H2,1-2H3/t16?,18-/m0/s1. The van der Waals surface area contributed by atoms with E-state index in [1.807, 2.05) is 13.8 Å². The average Bonchev–Trinajstić information content (AvgIpc) is 3.48. The predicted octanol–water partition coefficient (Wildman–Crippen LogP) is 2.89. The lowest BCUT2D eigenvalue weighted by molar-refractivity contribution is -0.149. The van der Waals surface area contributed by atoms with Gasteiger partial charge in [-0.05, 0) is 49.2 Å². The van der Waals surface area contributed by atoms with Crippen molar-refractivity contribution in [3.8, 4) is 10.8 Å². The highest BCUT2D eigenvalue weighted by Crippen LogP contribution is 2.29. The van der Waals surface area contributed by atoms with Gasteiger partial charge in [-0.15, -0.1) is 11.3 Å². The smallest absolute Gasteiger partial charge is 0.324 e. The van der Waals surface area contributed by atoms with Crippen molar-refractivity contribution in [1.82, 2.24) is 9.29 Å². The first-order valence-electron chi connectivity index (χ1n) is 9.68. The Bertz CT molecular complexity index is 1190. The highest BCUT2D eigenvalue weighted by molar-refractivity contribution is 7.89. The molecule has 8 nitrogen and oxygen atoms in total. The number of ether oxygens (including phenoxy) is 1. The third kappa shape index (κ3) is 4.42. The molecule has 10 heteroatoms. The van der Waals surface area contributed by atoms with Gasteiger partial charge in [-0.1, -0.05) is 6.07 Å². The van der Waals surface area contributed by atoms with Crippen molar-refractivity contribution >= 4 is 27.3 Å². The fraction of sp³-hybridized carbons (Fsp3) is 0.333. The second-order valence-corrected chi connectivity index (χ2v) is 10.2. The Hall–Kier alpha value is -2.53. The summed E-state index contributed by atoms with van der Waals surface area (Å²) in [5.74, 6) is -0.0938. The molecule has 1 aliphatic rings. The van der Waals surface area contributed by atoms with Gasteiger partial charge in [-0.3, -0.25) is 4.79 Å². The molecule has 2 aromatic heterocycles. The number of rotatable bonds is 6. The fourth-order valence-corrected chi connectivity index (χ4v) is 5.88. The number of aryl methyl sites for hydroxylation is 2. The number of aromatic nitrogens is 1. The number of benzene rings is 1. The van der Waals surface area contributed by atoms with E-state index in [2.05, 4.69) is 4.98 Å². The quantitative estimate of drug-likeness (QED) is 0.561. The van der Waals surface area contributed by atoms with Crippen LogP contribution in [0.15, 0.2) is 51.3 Å². The first-order valence-corrected chi connectivity index (χ1v) is 12.0. The molecular formula is C21H22N2O6S2. The summed E-state index contributed by atoms with van der Waals surface area (Å²) in [4.78, 5) is 17.2. The van der Waals surface area contributed by atoms with Gasteiger partial charge < -0.3 is 14.3 Å². The second kappa shape index (κ2) is 8.54. The zero-order chi connectivity index (χ0) is 22.2. The highest BCUT2D eigenvalue weighted by Gasteiger charge is 2.44. The number of aliphatic hydroxyl groups is 1. The van der Waals surface area contributed by atoms with Crippen LogP contribution in [-0.2, 0) is 26.2 Å². The molecule has 1 aliphatic heterocycles. The first-order chi connectivity index (χ1) is 14.8. The molecule has 1 aromatic carbocycles. The van der Waals surface area contributed by atoms with Crippen LogP contribution in [0.25, 0.3) is 10.8 Å². The molecule has 0 spiro atoms. The van der Waals surface area contributed by atoms with Crippen LogP contribution in [-0.4, -0.2) is 47.5 Å². The number of β-amino-alcohol motifs (C(OH)–C–C–N with tert-alkyl or cyclic N) is 1. The minimum Gasteiger partial charge on any atom is -0.462 e. The summed E-state index contributed by atoms with van der Waals surface area (Å²) in [6.07, 6.45) is 0.591. The number of carbonyl (C=O) groups excluding carboxylic acids is 1. The van der Waals surface area contributed by atoms with E-state index in [1.165, 1.54) is 17.4 Å². The highest BCUT2D eigenvalue weighted by atomic mass is 32.2. The van der Waals surface area contributed by atoms with Gasteiger partial charge in [0.05, 0.1) is 23.0 Å². The Labute approximate surface area is 184 Å². The zero-order valence-electron chi connectivity index (χ0n) is 17.0. The Kier molecular flexibility index (Phi) is 5.98. The maximum atomic E-state index is 13.2. The maximum absolute atomic E-state index is 13.2. The van der Waals surface area contributed by atoms with Gasteiger partial charge in [-0.25, -0.2) is 13.4 Å². The lowest BCUT2D eigenvalue weighted by Gasteiger charge is -2.22. The molecule has 4 rings (SSSR count). The predicted molar refractivity (Wildman–Crippen MR) is 114 cm³/mol. The van der Waals surface area contributed by atoms with E-state index in [4.69, 9.17) is 9.15 Å². The number of hydrogen-bond donors (Lipinski definition) is 1. The number of aliphatic hydroxyl groups excluding tert-OH is 1. The summed E-state index contributed by atoms with van der Waals surface area (Å²) >= 11 is 1.35. The number of furan rings is 1. The van der Waals surface area contributed by atoms with E-state index >= 15 is 0 Å². The van der Waals surface area contributed by atoms with Gasteiger partial charge in [0, 0.05) is 18.3 Å².